The third-order valence-electron chi connectivity index (χ3n) is 4.80. The zero-order chi connectivity index (χ0) is 14.9. The molecule has 0 saturated heterocycles. The number of nitrogens with one attached hydrogen (secondary N) is 1. The smallest absolute Gasteiger partial charge is 0.332 e. The van der Waals surface area contributed by atoms with Gasteiger partial charge in [0.1, 0.15) is 0 Å². The molecule has 1 saturated carbocycles. The van der Waals surface area contributed by atoms with Crippen molar-refractivity contribution in [1.82, 2.24) is 5.32 Å². The molecule has 0 spiro atoms. The van der Waals surface area contributed by atoms with E-state index in [1.807, 2.05) is 13.0 Å². The van der Waals surface area contributed by atoms with Gasteiger partial charge in [0, 0.05) is 28.8 Å². The van der Waals surface area contributed by atoms with Gasteiger partial charge in [-0.3, -0.25) is 0 Å². The molecule has 21 heavy (non-hydrogen) atoms. The summed E-state index contributed by atoms with van der Waals surface area (Å²) in [5, 5.41) is 3.64. The maximum atomic E-state index is 11.8. The van der Waals surface area contributed by atoms with E-state index in [0.29, 0.717) is 12.5 Å². The molecular weight excluding hydrogens is 262 g/mol. The molecule has 1 heterocycles. The second-order valence-electron chi connectivity index (χ2n) is 6.24. The fraction of sp³-hybridized carbons (Fsp3) is 0.500. The van der Waals surface area contributed by atoms with Crippen LogP contribution >= 0.6 is 0 Å². The van der Waals surface area contributed by atoms with Crippen LogP contribution < -0.4 is 5.32 Å². The van der Waals surface area contributed by atoms with Crippen molar-refractivity contribution in [2.75, 3.05) is 6.61 Å². The molecule has 3 heteroatoms. The molecule has 2 atom stereocenters. The molecule has 2 unspecified atom stereocenters. The van der Waals surface area contributed by atoms with Crippen LogP contribution in [-0.2, 0) is 9.53 Å². The van der Waals surface area contributed by atoms with E-state index in [4.69, 9.17) is 4.74 Å². The number of esters is 1. The van der Waals surface area contributed by atoms with Crippen LogP contribution in [-0.4, -0.2) is 18.1 Å². The molecular formula is C18H23NO2. The van der Waals surface area contributed by atoms with E-state index in [1.54, 1.807) is 6.08 Å². The number of carbonyl (C=O) groups is 1. The van der Waals surface area contributed by atoms with E-state index in [-0.39, 0.29) is 11.5 Å². The van der Waals surface area contributed by atoms with Gasteiger partial charge in [-0.2, -0.15) is 0 Å². The summed E-state index contributed by atoms with van der Waals surface area (Å²) < 4.78 is 5.07. The number of hydrogen-bond acceptors (Lipinski definition) is 3. The lowest BCUT2D eigenvalue weighted by Crippen LogP contribution is -2.51. The Bertz CT molecular complexity index is 578. The summed E-state index contributed by atoms with van der Waals surface area (Å²) in [7, 11) is 0. The number of benzene rings is 1. The summed E-state index contributed by atoms with van der Waals surface area (Å²) >= 11 is 0. The van der Waals surface area contributed by atoms with Gasteiger partial charge in [0.15, 0.2) is 0 Å². The molecule has 0 amide bonds. The minimum absolute atomic E-state index is 0.0466. The van der Waals surface area contributed by atoms with Crippen molar-refractivity contribution < 1.29 is 9.53 Å². The highest BCUT2D eigenvalue weighted by Crippen LogP contribution is 2.47. The normalized spacial score (nSPS) is 29.2. The molecule has 1 aliphatic carbocycles. The van der Waals surface area contributed by atoms with Crippen LogP contribution in [0.2, 0.25) is 0 Å². The van der Waals surface area contributed by atoms with Crippen LogP contribution in [0.5, 0.6) is 0 Å². The molecule has 1 aromatic rings. The Kier molecular flexibility index (Phi) is 3.75. The largest absolute Gasteiger partial charge is 0.463 e. The third kappa shape index (κ3) is 2.57. The molecule has 0 aromatic heterocycles. The number of carbonyl (C=O) groups excluding carboxylic acids is 1. The van der Waals surface area contributed by atoms with E-state index < -0.39 is 0 Å². The molecule has 1 N–H and O–H groups in total. The number of fused-ring (bicyclic) bond motifs is 3. The van der Waals surface area contributed by atoms with E-state index in [0.717, 1.165) is 17.7 Å². The maximum absolute atomic E-state index is 11.8. The summed E-state index contributed by atoms with van der Waals surface area (Å²) in [6.45, 7) is 4.52. The van der Waals surface area contributed by atoms with Crippen molar-refractivity contribution in [3.63, 3.8) is 0 Å². The Balaban J connectivity index is 2.04. The lowest BCUT2D eigenvalue weighted by molar-refractivity contribution is -0.137. The number of ether oxygens (including phenoxy) is 1. The Morgan fingerprint density at radius 3 is 3.05 bits per heavy atom. The summed E-state index contributed by atoms with van der Waals surface area (Å²) in [6.07, 6.45) is 6.50. The molecule has 0 bridgehead atoms. The van der Waals surface area contributed by atoms with Crippen molar-refractivity contribution >= 4 is 11.7 Å². The lowest BCUT2D eigenvalue weighted by atomic mass is 9.67. The van der Waals surface area contributed by atoms with E-state index in [2.05, 4.69) is 30.4 Å². The van der Waals surface area contributed by atoms with Crippen LogP contribution in [0.25, 0.3) is 5.70 Å². The Morgan fingerprint density at radius 1 is 1.43 bits per heavy atom. The van der Waals surface area contributed by atoms with Crippen molar-refractivity contribution in [2.24, 2.45) is 0 Å². The van der Waals surface area contributed by atoms with Crippen molar-refractivity contribution in [2.45, 2.75) is 51.0 Å². The number of rotatable bonds is 2. The highest BCUT2D eigenvalue weighted by molar-refractivity contribution is 5.92. The van der Waals surface area contributed by atoms with Crippen LogP contribution in [0.4, 0.5) is 0 Å². The van der Waals surface area contributed by atoms with Gasteiger partial charge >= 0.3 is 5.97 Å². The fourth-order valence-electron chi connectivity index (χ4n) is 3.82. The highest BCUT2D eigenvalue weighted by Gasteiger charge is 2.42. The van der Waals surface area contributed by atoms with E-state index in [9.17, 15) is 4.79 Å². The number of hydrogen-bond donors (Lipinski definition) is 1. The Morgan fingerprint density at radius 2 is 2.24 bits per heavy atom. The molecule has 1 fully saturated rings. The first-order valence-corrected chi connectivity index (χ1v) is 7.90. The van der Waals surface area contributed by atoms with Crippen LogP contribution in [0.15, 0.2) is 30.3 Å². The van der Waals surface area contributed by atoms with Crippen LogP contribution in [0, 0.1) is 0 Å². The lowest BCUT2D eigenvalue weighted by Gasteiger charge is -2.48. The molecule has 3 nitrogen and oxygen atoms in total. The summed E-state index contributed by atoms with van der Waals surface area (Å²) in [5.74, 6) is 0.259. The molecule has 0 radical (unpaired) electrons. The molecule has 112 valence electrons. The molecule has 3 rings (SSSR count). The van der Waals surface area contributed by atoms with Gasteiger partial charge in [0.25, 0.3) is 0 Å². The second kappa shape index (κ2) is 5.55. The average Bonchev–Trinajstić information content (AvgIpc) is 2.47. The van der Waals surface area contributed by atoms with Gasteiger partial charge in [0.05, 0.1) is 6.61 Å². The summed E-state index contributed by atoms with van der Waals surface area (Å²) in [5.41, 5.74) is 3.47. The first-order chi connectivity index (χ1) is 10.1. The zero-order valence-corrected chi connectivity index (χ0v) is 12.8. The van der Waals surface area contributed by atoms with Crippen LogP contribution in [0.1, 0.15) is 56.6 Å². The topological polar surface area (TPSA) is 38.3 Å². The van der Waals surface area contributed by atoms with Crippen molar-refractivity contribution in [3.05, 3.63) is 41.5 Å². The van der Waals surface area contributed by atoms with Gasteiger partial charge in [-0.25, -0.2) is 4.79 Å². The average molecular weight is 285 g/mol. The monoisotopic (exact) mass is 285 g/mol. The Hall–Kier alpha value is -1.77. The summed E-state index contributed by atoms with van der Waals surface area (Å²) in [6, 6.07) is 8.44. The zero-order valence-electron chi connectivity index (χ0n) is 12.8. The maximum Gasteiger partial charge on any atom is 0.332 e. The van der Waals surface area contributed by atoms with Gasteiger partial charge in [0.2, 0.25) is 0 Å². The molecule has 1 aromatic carbocycles. The second-order valence-corrected chi connectivity index (χ2v) is 6.24. The van der Waals surface area contributed by atoms with E-state index in [1.165, 1.54) is 24.8 Å². The highest BCUT2D eigenvalue weighted by atomic mass is 16.5. The van der Waals surface area contributed by atoms with Crippen molar-refractivity contribution in [1.29, 1.82) is 0 Å². The van der Waals surface area contributed by atoms with E-state index >= 15 is 0 Å². The van der Waals surface area contributed by atoms with Gasteiger partial charge in [-0.05, 0) is 32.3 Å². The first-order valence-electron chi connectivity index (χ1n) is 7.90. The first kappa shape index (κ1) is 14.2. The fourth-order valence-corrected chi connectivity index (χ4v) is 3.82. The van der Waals surface area contributed by atoms with Gasteiger partial charge in [-0.1, -0.05) is 37.1 Å². The third-order valence-corrected chi connectivity index (χ3v) is 4.80. The minimum atomic E-state index is -0.271. The van der Waals surface area contributed by atoms with Crippen molar-refractivity contribution in [3.8, 4) is 0 Å². The molecule has 1 aliphatic heterocycles. The quantitative estimate of drug-likeness (QED) is 0.666. The Labute approximate surface area is 126 Å². The predicted octanol–water partition coefficient (Wildman–Crippen LogP) is 3.61. The van der Waals surface area contributed by atoms with Gasteiger partial charge in [-0.15, -0.1) is 0 Å². The SMILES string of the molecule is CCOC(=O)/C=C1\NC2(C)CCCCC2c2ccccc21. The van der Waals surface area contributed by atoms with Gasteiger partial charge < -0.3 is 10.1 Å². The minimum Gasteiger partial charge on any atom is -0.463 e. The predicted molar refractivity (Wildman–Crippen MR) is 83.8 cm³/mol. The standard InChI is InChI=1S/C18H23NO2/c1-3-21-17(20)12-16-14-9-5-4-8-13(14)15-10-6-7-11-18(15,2)19-16/h4-5,8-9,12,15,19H,3,6-7,10-11H2,1-2H3/b16-12-. The summed E-state index contributed by atoms with van der Waals surface area (Å²) in [4.78, 5) is 11.8. The molecule has 2 aliphatic rings. The van der Waals surface area contributed by atoms with Crippen LogP contribution in [0.3, 0.4) is 0 Å².